The topological polar surface area (TPSA) is 96.1 Å². The fraction of sp³-hybridized carbons (Fsp3) is 0.500. The molecule has 2 aromatic heterocycles. The molecule has 112 valence electrons. The molecule has 0 saturated heterocycles. The summed E-state index contributed by atoms with van der Waals surface area (Å²) in [6.07, 6.45) is 7.62. The van der Waals surface area contributed by atoms with Crippen molar-refractivity contribution in [2.24, 2.45) is 7.05 Å². The van der Waals surface area contributed by atoms with Crippen LogP contribution in [0.2, 0.25) is 0 Å². The lowest BCUT2D eigenvalue weighted by molar-refractivity contribution is 0.0297. The molecule has 3 rings (SSSR count). The third-order valence-electron chi connectivity index (χ3n) is 4.00. The summed E-state index contributed by atoms with van der Waals surface area (Å²) in [5.74, 6) is -0.00660. The number of hydrogen-bond acceptors (Lipinski definition) is 6. The van der Waals surface area contributed by atoms with Crippen molar-refractivity contribution in [1.82, 2.24) is 25.1 Å². The van der Waals surface area contributed by atoms with Gasteiger partial charge in [-0.3, -0.25) is 4.68 Å². The molecule has 1 fully saturated rings. The van der Waals surface area contributed by atoms with Crippen molar-refractivity contribution in [3.8, 4) is 0 Å². The van der Waals surface area contributed by atoms with Gasteiger partial charge in [0.25, 0.3) is 0 Å². The monoisotopic (exact) mass is 289 g/mol. The maximum Gasteiger partial charge on any atom is 0.115 e. The summed E-state index contributed by atoms with van der Waals surface area (Å²) < 4.78 is 1.74. The zero-order valence-corrected chi connectivity index (χ0v) is 11.8. The highest BCUT2D eigenvalue weighted by atomic mass is 16.3. The number of rotatable bonds is 4. The molecule has 1 saturated carbocycles. The number of nitrogens with zero attached hydrogens (tertiary/aromatic N) is 4. The zero-order valence-electron chi connectivity index (χ0n) is 11.8. The minimum absolute atomic E-state index is 0.00660. The zero-order chi connectivity index (χ0) is 14.8. The molecule has 0 spiro atoms. The molecular weight excluding hydrogens is 270 g/mol. The summed E-state index contributed by atoms with van der Waals surface area (Å²) in [6.45, 7) is 0.590. The molecule has 1 aliphatic rings. The van der Waals surface area contributed by atoms with E-state index in [9.17, 15) is 10.2 Å². The van der Waals surface area contributed by atoms with Crippen LogP contribution in [0.3, 0.4) is 0 Å². The van der Waals surface area contributed by atoms with E-state index in [1.165, 1.54) is 6.33 Å². The van der Waals surface area contributed by atoms with Crippen LogP contribution in [-0.4, -0.2) is 48.2 Å². The second-order valence-electron chi connectivity index (χ2n) is 5.50. The van der Waals surface area contributed by atoms with E-state index in [1.807, 2.05) is 13.2 Å². The Labute approximate surface area is 122 Å². The summed E-state index contributed by atoms with van der Waals surface area (Å²) in [6, 6.07) is -0.230. The van der Waals surface area contributed by atoms with Crippen LogP contribution < -0.4 is 5.32 Å². The Morgan fingerprint density at radius 2 is 2.05 bits per heavy atom. The second kappa shape index (κ2) is 5.88. The highest BCUT2D eigenvalue weighted by molar-refractivity contribution is 5.19. The van der Waals surface area contributed by atoms with E-state index >= 15 is 0 Å². The third-order valence-corrected chi connectivity index (χ3v) is 4.00. The van der Waals surface area contributed by atoms with Crippen LogP contribution in [0, 0.1) is 0 Å². The Hall–Kier alpha value is -1.83. The summed E-state index contributed by atoms with van der Waals surface area (Å²) in [7, 11) is 1.86. The average molecular weight is 289 g/mol. The van der Waals surface area contributed by atoms with Crippen LogP contribution in [0.5, 0.6) is 0 Å². The highest BCUT2D eigenvalue weighted by Gasteiger charge is 2.42. The van der Waals surface area contributed by atoms with E-state index < -0.39 is 12.2 Å². The Morgan fingerprint density at radius 3 is 2.71 bits per heavy atom. The van der Waals surface area contributed by atoms with Crippen molar-refractivity contribution in [2.45, 2.75) is 37.1 Å². The van der Waals surface area contributed by atoms with Gasteiger partial charge in [0.1, 0.15) is 6.33 Å². The second-order valence-corrected chi connectivity index (χ2v) is 5.50. The minimum atomic E-state index is -0.799. The first-order valence-electron chi connectivity index (χ1n) is 6.97. The number of aromatic nitrogens is 4. The van der Waals surface area contributed by atoms with Crippen molar-refractivity contribution in [2.75, 3.05) is 0 Å². The predicted octanol–water partition coefficient (Wildman–Crippen LogP) is -0.422. The van der Waals surface area contributed by atoms with Crippen molar-refractivity contribution in [3.05, 3.63) is 42.2 Å². The van der Waals surface area contributed by atoms with Crippen molar-refractivity contribution >= 4 is 0 Å². The quantitative estimate of drug-likeness (QED) is 0.707. The highest BCUT2D eigenvalue weighted by Crippen LogP contribution is 2.34. The average Bonchev–Trinajstić information content (AvgIpc) is 3.03. The molecular formula is C14H19N5O2. The lowest BCUT2D eigenvalue weighted by Crippen LogP contribution is -2.41. The Balaban J connectivity index is 1.73. The first-order chi connectivity index (χ1) is 10.1. The van der Waals surface area contributed by atoms with E-state index in [4.69, 9.17) is 0 Å². The number of aliphatic hydroxyl groups excluding tert-OH is 2. The fourth-order valence-corrected chi connectivity index (χ4v) is 2.93. The number of hydrogen-bond donors (Lipinski definition) is 3. The van der Waals surface area contributed by atoms with Crippen LogP contribution in [0.1, 0.15) is 23.5 Å². The van der Waals surface area contributed by atoms with Gasteiger partial charge in [0.05, 0.1) is 18.4 Å². The molecule has 0 bridgehead atoms. The van der Waals surface area contributed by atoms with Gasteiger partial charge < -0.3 is 15.5 Å². The largest absolute Gasteiger partial charge is 0.390 e. The molecule has 0 amide bonds. The van der Waals surface area contributed by atoms with Crippen molar-refractivity contribution in [3.63, 3.8) is 0 Å². The molecule has 4 atom stereocenters. The van der Waals surface area contributed by atoms with Crippen molar-refractivity contribution < 1.29 is 10.2 Å². The van der Waals surface area contributed by atoms with Crippen LogP contribution >= 0.6 is 0 Å². The van der Waals surface area contributed by atoms with Crippen LogP contribution in [0.15, 0.2) is 31.1 Å². The van der Waals surface area contributed by atoms with Gasteiger partial charge in [0.2, 0.25) is 0 Å². The Kier molecular flexibility index (Phi) is 3.96. The van der Waals surface area contributed by atoms with Gasteiger partial charge in [-0.05, 0) is 12.0 Å². The molecule has 2 aromatic rings. The number of aliphatic hydroxyl groups is 2. The normalized spacial score (nSPS) is 28.9. The van der Waals surface area contributed by atoms with Gasteiger partial charge in [-0.25, -0.2) is 9.97 Å². The fourth-order valence-electron chi connectivity index (χ4n) is 2.93. The van der Waals surface area contributed by atoms with Gasteiger partial charge in [-0.15, -0.1) is 0 Å². The van der Waals surface area contributed by atoms with Gasteiger partial charge >= 0.3 is 0 Å². The predicted molar refractivity (Wildman–Crippen MR) is 75.2 cm³/mol. The van der Waals surface area contributed by atoms with E-state index in [0.717, 1.165) is 11.1 Å². The third kappa shape index (κ3) is 2.94. The Morgan fingerprint density at radius 1 is 1.29 bits per heavy atom. The van der Waals surface area contributed by atoms with Gasteiger partial charge in [-0.1, -0.05) is 0 Å². The summed E-state index contributed by atoms with van der Waals surface area (Å²) in [5, 5.41) is 27.6. The van der Waals surface area contributed by atoms with Crippen molar-refractivity contribution in [1.29, 1.82) is 0 Å². The van der Waals surface area contributed by atoms with Gasteiger partial charge in [-0.2, -0.15) is 5.10 Å². The molecule has 0 radical (unpaired) electrons. The molecule has 4 unspecified atom stereocenters. The number of aryl methyl sites for hydroxylation is 1. The molecule has 1 aliphatic carbocycles. The lowest BCUT2D eigenvalue weighted by atomic mass is 9.96. The van der Waals surface area contributed by atoms with Crippen LogP contribution in [0.25, 0.3) is 0 Å². The van der Waals surface area contributed by atoms with E-state index in [2.05, 4.69) is 20.4 Å². The standard InChI is InChI=1S/C14H19N5O2/c1-19-7-9(4-18-19)3-17-13-11(2-12(20)14(13)21)10-5-15-8-16-6-10/h4-8,11-14,17,20-21H,2-3H2,1H3. The minimum Gasteiger partial charge on any atom is -0.390 e. The van der Waals surface area contributed by atoms with Crippen LogP contribution in [-0.2, 0) is 13.6 Å². The molecule has 7 heteroatoms. The first kappa shape index (κ1) is 14.1. The van der Waals surface area contributed by atoms with Gasteiger partial charge in [0, 0.05) is 49.7 Å². The van der Waals surface area contributed by atoms with E-state index in [1.54, 1.807) is 23.3 Å². The van der Waals surface area contributed by atoms with E-state index in [-0.39, 0.29) is 12.0 Å². The molecule has 21 heavy (non-hydrogen) atoms. The summed E-state index contributed by atoms with van der Waals surface area (Å²) >= 11 is 0. The summed E-state index contributed by atoms with van der Waals surface area (Å²) in [4.78, 5) is 8.04. The van der Waals surface area contributed by atoms with E-state index in [0.29, 0.717) is 13.0 Å². The maximum absolute atomic E-state index is 10.2. The smallest absolute Gasteiger partial charge is 0.115 e. The molecule has 2 heterocycles. The first-order valence-corrected chi connectivity index (χ1v) is 6.97. The Bertz CT molecular complexity index is 588. The lowest BCUT2D eigenvalue weighted by Gasteiger charge is -2.23. The summed E-state index contributed by atoms with van der Waals surface area (Å²) in [5.41, 5.74) is 1.96. The van der Waals surface area contributed by atoms with Crippen LogP contribution in [0.4, 0.5) is 0 Å². The van der Waals surface area contributed by atoms with Gasteiger partial charge in [0.15, 0.2) is 0 Å². The number of nitrogens with one attached hydrogen (secondary N) is 1. The molecule has 7 nitrogen and oxygen atoms in total. The maximum atomic E-state index is 10.2. The SMILES string of the molecule is Cn1cc(CNC2C(c3cncnc3)CC(O)C2O)cn1. The molecule has 0 aliphatic heterocycles. The molecule has 0 aromatic carbocycles. The molecule has 3 N–H and O–H groups in total.